The Balaban J connectivity index is 1.88. The summed E-state index contributed by atoms with van der Waals surface area (Å²) >= 11 is 0. The van der Waals surface area contributed by atoms with Gasteiger partial charge in [0.25, 0.3) is 0 Å². The molecule has 1 aliphatic heterocycles. The van der Waals surface area contributed by atoms with Gasteiger partial charge in [0, 0.05) is 11.4 Å². The second-order valence-corrected chi connectivity index (χ2v) is 5.59. The number of aryl methyl sites for hydroxylation is 1. The zero-order valence-corrected chi connectivity index (χ0v) is 9.25. The first kappa shape index (κ1) is 10.4. The first-order valence-corrected chi connectivity index (χ1v) is 6.46. The molecule has 15 heavy (non-hydrogen) atoms. The lowest BCUT2D eigenvalue weighted by atomic mass is 10.3. The standard InChI is InChI=1S/C10H13NO3S/c1-8-2-3-10(14-8)6-11-9-4-5-15(12,13)7-9/h2-5,9,11H,6-7H2,1H3. The van der Waals surface area contributed by atoms with E-state index in [1.807, 2.05) is 19.1 Å². The molecule has 82 valence electrons. The number of sulfone groups is 1. The number of furan rings is 1. The highest BCUT2D eigenvalue weighted by Crippen LogP contribution is 2.10. The quantitative estimate of drug-likeness (QED) is 0.836. The minimum atomic E-state index is -2.97. The molecular weight excluding hydrogens is 214 g/mol. The monoisotopic (exact) mass is 227 g/mol. The molecule has 0 radical (unpaired) electrons. The average Bonchev–Trinajstić information content (AvgIpc) is 2.69. The molecule has 4 nitrogen and oxygen atoms in total. The van der Waals surface area contributed by atoms with Crippen molar-refractivity contribution < 1.29 is 12.8 Å². The van der Waals surface area contributed by atoms with E-state index in [1.54, 1.807) is 6.08 Å². The molecule has 0 amide bonds. The van der Waals surface area contributed by atoms with Crippen LogP contribution in [0.1, 0.15) is 11.5 Å². The zero-order chi connectivity index (χ0) is 10.9. The predicted octanol–water partition coefficient (Wildman–Crippen LogP) is 0.988. The summed E-state index contributed by atoms with van der Waals surface area (Å²) in [6, 6.07) is 3.67. The minimum absolute atomic E-state index is 0.0968. The van der Waals surface area contributed by atoms with Gasteiger partial charge < -0.3 is 9.73 Å². The van der Waals surface area contributed by atoms with Crippen LogP contribution in [0, 0.1) is 6.92 Å². The van der Waals surface area contributed by atoms with Crippen molar-refractivity contribution >= 4 is 9.84 Å². The van der Waals surface area contributed by atoms with Gasteiger partial charge in [-0.2, -0.15) is 0 Å². The van der Waals surface area contributed by atoms with Gasteiger partial charge in [0.2, 0.25) is 0 Å². The van der Waals surface area contributed by atoms with E-state index in [0.717, 1.165) is 11.5 Å². The van der Waals surface area contributed by atoms with Crippen LogP contribution in [-0.2, 0) is 16.4 Å². The molecule has 1 aromatic heterocycles. The average molecular weight is 227 g/mol. The van der Waals surface area contributed by atoms with Gasteiger partial charge >= 0.3 is 0 Å². The normalized spacial score (nSPS) is 23.4. The molecule has 5 heteroatoms. The highest BCUT2D eigenvalue weighted by molar-refractivity contribution is 7.94. The van der Waals surface area contributed by atoms with Crippen molar-refractivity contribution in [3.05, 3.63) is 35.1 Å². The Morgan fingerprint density at radius 3 is 2.87 bits per heavy atom. The van der Waals surface area contributed by atoms with E-state index >= 15 is 0 Å². The Hall–Kier alpha value is -1.07. The summed E-state index contributed by atoms with van der Waals surface area (Å²) in [4.78, 5) is 0. The summed E-state index contributed by atoms with van der Waals surface area (Å²) in [6.45, 7) is 2.43. The molecule has 0 saturated heterocycles. The fraction of sp³-hybridized carbons (Fsp3) is 0.400. The molecule has 0 aromatic carbocycles. The Labute approximate surface area is 88.9 Å². The first-order valence-electron chi connectivity index (χ1n) is 4.75. The summed E-state index contributed by atoms with van der Waals surface area (Å²) in [5.41, 5.74) is 0. The molecule has 1 unspecified atom stereocenters. The van der Waals surface area contributed by atoms with Gasteiger partial charge in [-0.3, -0.25) is 0 Å². The second-order valence-electron chi connectivity index (χ2n) is 3.66. The molecule has 1 N–H and O–H groups in total. The lowest BCUT2D eigenvalue weighted by Gasteiger charge is -2.07. The maximum absolute atomic E-state index is 11.1. The highest BCUT2D eigenvalue weighted by Gasteiger charge is 2.20. The Morgan fingerprint density at radius 2 is 2.33 bits per heavy atom. The number of nitrogens with one attached hydrogen (secondary N) is 1. The lowest BCUT2D eigenvalue weighted by molar-refractivity contribution is 0.455. The molecule has 1 aromatic rings. The third kappa shape index (κ3) is 2.70. The van der Waals surface area contributed by atoms with E-state index in [4.69, 9.17) is 4.42 Å². The van der Waals surface area contributed by atoms with Crippen molar-refractivity contribution in [3.63, 3.8) is 0 Å². The number of rotatable bonds is 3. The fourth-order valence-corrected chi connectivity index (χ4v) is 2.78. The fourth-order valence-electron chi connectivity index (χ4n) is 1.51. The van der Waals surface area contributed by atoms with E-state index in [1.165, 1.54) is 5.41 Å². The van der Waals surface area contributed by atoms with Gasteiger partial charge in [-0.05, 0) is 19.1 Å². The van der Waals surface area contributed by atoms with E-state index in [9.17, 15) is 8.42 Å². The van der Waals surface area contributed by atoms with Gasteiger partial charge in [-0.15, -0.1) is 0 Å². The summed E-state index contributed by atoms with van der Waals surface area (Å²) in [5.74, 6) is 1.83. The van der Waals surface area contributed by atoms with E-state index in [2.05, 4.69) is 5.32 Å². The van der Waals surface area contributed by atoms with E-state index in [0.29, 0.717) is 6.54 Å². The van der Waals surface area contributed by atoms with Gasteiger partial charge in [-0.25, -0.2) is 8.42 Å². The predicted molar refractivity (Wildman–Crippen MR) is 57.0 cm³/mol. The molecule has 0 spiro atoms. The van der Waals surface area contributed by atoms with Gasteiger partial charge in [0.1, 0.15) is 11.5 Å². The van der Waals surface area contributed by atoms with Crippen LogP contribution >= 0.6 is 0 Å². The number of hydrogen-bond acceptors (Lipinski definition) is 4. The zero-order valence-electron chi connectivity index (χ0n) is 8.43. The van der Waals surface area contributed by atoms with E-state index in [-0.39, 0.29) is 11.8 Å². The van der Waals surface area contributed by atoms with Crippen molar-refractivity contribution in [3.8, 4) is 0 Å². The molecule has 1 atom stereocenters. The van der Waals surface area contributed by atoms with Crippen molar-refractivity contribution in [2.45, 2.75) is 19.5 Å². The molecule has 0 aliphatic carbocycles. The molecular formula is C10H13NO3S. The Bertz CT molecular complexity index is 473. The van der Waals surface area contributed by atoms with Gasteiger partial charge in [0.05, 0.1) is 12.3 Å². The van der Waals surface area contributed by atoms with Crippen molar-refractivity contribution in [2.24, 2.45) is 0 Å². The lowest BCUT2D eigenvalue weighted by Crippen LogP contribution is -2.29. The van der Waals surface area contributed by atoms with Crippen LogP contribution in [0.4, 0.5) is 0 Å². The van der Waals surface area contributed by atoms with Crippen LogP contribution < -0.4 is 5.32 Å². The smallest absolute Gasteiger partial charge is 0.173 e. The van der Waals surface area contributed by atoms with Crippen LogP contribution in [0.2, 0.25) is 0 Å². The first-order chi connectivity index (χ1) is 7.05. The SMILES string of the molecule is Cc1ccc(CNC2C=CS(=O)(=O)C2)o1. The van der Waals surface area contributed by atoms with Crippen molar-refractivity contribution in [1.29, 1.82) is 0 Å². The molecule has 1 aliphatic rings. The topological polar surface area (TPSA) is 59.3 Å². The number of hydrogen-bond donors (Lipinski definition) is 1. The van der Waals surface area contributed by atoms with Crippen LogP contribution in [0.15, 0.2) is 28.0 Å². The van der Waals surface area contributed by atoms with Crippen molar-refractivity contribution in [2.75, 3.05) is 5.75 Å². The van der Waals surface area contributed by atoms with Crippen molar-refractivity contribution in [1.82, 2.24) is 5.32 Å². The maximum atomic E-state index is 11.1. The third-order valence-corrected chi connectivity index (χ3v) is 3.66. The molecule has 2 rings (SSSR count). The van der Waals surface area contributed by atoms with Crippen LogP contribution in [0.25, 0.3) is 0 Å². The highest BCUT2D eigenvalue weighted by atomic mass is 32.2. The van der Waals surface area contributed by atoms with Crippen LogP contribution in [-0.4, -0.2) is 20.2 Å². The molecule has 0 saturated carbocycles. The van der Waals surface area contributed by atoms with Gasteiger partial charge in [0.15, 0.2) is 9.84 Å². The minimum Gasteiger partial charge on any atom is -0.465 e. The van der Waals surface area contributed by atoms with E-state index < -0.39 is 9.84 Å². The summed E-state index contributed by atoms with van der Waals surface area (Å²) < 4.78 is 27.6. The second kappa shape index (κ2) is 3.83. The largest absolute Gasteiger partial charge is 0.465 e. The molecule has 2 heterocycles. The summed E-state index contributed by atoms with van der Waals surface area (Å²) in [5, 5.41) is 4.37. The molecule has 0 fully saturated rings. The third-order valence-electron chi connectivity index (χ3n) is 2.26. The Kier molecular flexibility index (Phi) is 2.67. The van der Waals surface area contributed by atoms with Gasteiger partial charge in [-0.1, -0.05) is 6.08 Å². The summed E-state index contributed by atoms with van der Waals surface area (Å²) in [6.07, 6.45) is 1.67. The maximum Gasteiger partial charge on any atom is 0.173 e. The summed E-state index contributed by atoms with van der Waals surface area (Å²) in [7, 11) is -2.97. The Morgan fingerprint density at radius 1 is 1.53 bits per heavy atom. The van der Waals surface area contributed by atoms with Crippen LogP contribution in [0.5, 0.6) is 0 Å². The van der Waals surface area contributed by atoms with Crippen LogP contribution in [0.3, 0.4) is 0 Å². The molecule has 0 bridgehead atoms.